The predicted molar refractivity (Wildman–Crippen MR) is 66.9 cm³/mol. The first-order valence-corrected chi connectivity index (χ1v) is 5.78. The Bertz CT molecular complexity index is 407. The number of nitrogens with zero attached hydrogens (tertiary/aromatic N) is 2. The third-order valence-corrected chi connectivity index (χ3v) is 3.82. The molecule has 1 unspecified atom stereocenters. The summed E-state index contributed by atoms with van der Waals surface area (Å²) in [7, 11) is -0.564. The van der Waals surface area contributed by atoms with Gasteiger partial charge in [-0.3, -0.25) is 4.99 Å². The molecule has 5 heteroatoms. The predicted octanol–water partition coefficient (Wildman–Crippen LogP) is 1.98. The van der Waals surface area contributed by atoms with Gasteiger partial charge in [-0.15, -0.1) is 0 Å². The van der Waals surface area contributed by atoms with Crippen LogP contribution in [-0.4, -0.2) is 31.1 Å². The van der Waals surface area contributed by atoms with Crippen molar-refractivity contribution in [2.75, 3.05) is 6.54 Å². The quantitative estimate of drug-likeness (QED) is 0.649. The molecule has 1 atom stereocenters. The van der Waals surface area contributed by atoms with Gasteiger partial charge in [0.05, 0.1) is 23.8 Å². The first kappa shape index (κ1) is 12.3. The molecule has 2 aliphatic rings. The smallest absolute Gasteiger partial charge is 0.402 e. The van der Waals surface area contributed by atoms with Crippen molar-refractivity contribution >= 4 is 13.3 Å². The second-order valence-electron chi connectivity index (χ2n) is 5.59. The number of rotatable bonds is 1. The fourth-order valence-corrected chi connectivity index (χ4v) is 1.86. The Morgan fingerprint density at radius 3 is 2.24 bits per heavy atom. The average molecular weight is 232 g/mol. The Hall–Kier alpha value is -1.12. The van der Waals surface area contributed by atoms with Crippen molar-refractivity contribution < 1.29 is 9.31 Å². The van der Waals surface area contributed by atoms with Gasteiger partial charge in [-0.05, 0) is 33.8 Å². The minimum Gasteiger partial charge on any atom is -0.402 e. The SMILES string of the molecule is CC1(C)OB(C2(C#N)C=CC=NC2)OC1(C)C. The summed E-state index contributed by atoms with van der Waals surface area (Å²) in [5.74, 6) is 0. The van der Waals surface area contributed by atoms with E-state index < -0.39 is 23.6 Å². The van der Waals surface area contributed by atoms with Crippen molar-refractivity contribution in [3.8, 4) is 6.07 Å². The molecule has 0 aromatic rings. The van der Waals surface area contributed by atoms with Crippen LogP contribution >= 0.6 is 0 Å². The molecule has 0 bridgehead atoms. The normalized spacial score (nSPS) is 33.7. The van der Waals surface area contributed by atoms with Crippen LogP contribution in [0.5, 0.6) is 0 Å². The molecule has 0 aromatic carbocycles. The van der Waals surface area contributed by atoms with Crippen LogP contribution in [0.1, 0.15) is 27.7 Å². The largest absolute Gasteiger partial charge is 0.485 e. The van der Waals surface area contributed by atoms with Crippen LogP contribution in [0.25, 0.3) is 0 Å². The van der Waals surface area contributed by atoms with Gasteiger partial charge in [-0.2, -0.15) is 5.26 Å². The monoisotopic (exact) mass is 232 g/mol. The zero-order chi connectivity index (χ0) is 12.7. The van der Waals surface area contributed by atoms with Gasteiger partial charge in [-0.1, -0.05) is 6.08 Å². The van der Waals surface area contributed by atoms with E-state index in [9.17, 15) is 5.26 Å². The lowest BCUT2D eigenvalue weighted by Gasteiger charge is -2.32. The molecule has 2 aliphatic heterocycles. The van der Waals surface area contributed by atoms with Crippen molar-refractivity contribution in [2.45, 2.75) is 44.2 Å². The van der Waals surface area contributed by atoms with Crippen LogP contribution < -0.4 is 0 Å². The van der Waals surface area contributed by atoms with E-state index in [1.807, 2.05) is 33.8 Å². The van der Waals surface area contributed by atoms with Crippen LogP contribution in [0.3, 0.4) is 0 Å². The van der Waals surface area contributed by atoms with E-state index in [1.165, 1.54) is 0 Å². The zero-order valence-corrected chi connectivity index (χ0v) is 10.7. The van der Waals surface area contributed by atoms with E-state index in [4.69, 9.17) is 9.31 Å². The van der Waals surface area contributed by atoms with Gasteiger partial charge in [0.15, 0.2) is 0 Å². The molecule has 0 radical (unpaired) electrons. The lowest BCUT2D eigenvalue weighted by Crippen LogP contribution is -2.41. The lowest BCUT2D eigenvalue weighted by molar-refractivity contribution is 0.00578. The highest BCUT2D eigenvalue weighted by Crippen LogP contribution is 2.46. The van der Waals surface area contributed by atoms with Gasteiger partial charge in [-0.25, -0.2) is 0 Å². The summed E-state index contributed by atoms with van der Waals surface area (Å²) in [6.45, 7) is 8.31. The fourth-order valence-electron chi connectivity index (χ4n) is 1.86. The number of aliphatic imine (C=N–C) groups is 1. The molecule has 4 nitrogen and oxygen atoms in total. The molecule has 2 heterocycles. The molecule has 0 aliphatic carbocycles. The van der Waals surface area contributed by atoms with Crippen molar-refractivity contribution in [1.29, 1.82) is 5.26 Å². The number of dihydropyridines is 1. The second-order valence-corrected chi connectivity index (χ2v) is 5.59. The number of allylic oxidation sites excluding steroid dienone is 1. The summed E-state index contributed by atoms with van der Waals surface area (Å²) in [4.78, 5) is 4.15. The molecule has 0 spiro atoms. The molecular formula is C12H17BN2O2. The highest BCUT2D eigenvalue weighted by Gasteiger charge is 2.59. The third-order valence-electron chi connectivity index (χ3n) is 3.82. The Morgan fingerprint density at radius 1 is 1.24 bits per heavy atom. The fraction of sp³-hybridized carbons (Fsp3) is 0.667. The Kier molecular flexibility index (Phi) is 2.68. The maximum atomic E-state index is 9.41. The maximum absolute atomic E-state index is 9.41. The molecule has 0 amide bonds. The first-order chi connectivity index (χ1) is 7.83. The van der Waals surface area contributed by atoms with E-state index in [1.54, 1.807) is 12.3 Å². The summed E-state index contributed by atoms with van der Waals surface area (Å²) in [5, 5.41) is 8.60. The minimum atomic E-state index is -0.806. The van der Waals surface area contributed by atoms with E-state index in [-0.39, 0.29) is 0 Å². The number of hydrogen-bond donors (Lipinski definition) is 0. The van der Waals surface area contributed by atoms with Gasteiger partial charge in [0.1, 0.15) is 5.31 Å². The Morgan fingerprint density at radius 2 is 1.82 bits per heavy atom. The Labute approximate surface area is 102 Å². The maximum Gasteiger partial charge on any atom is 0.485 e. The molecule has 0 saturated carbocycles. The molecule has 1 fully saturated rings. The standard InChI is InChI=1S/C12H17BN2O2/c1-10(2)11(3,4)17-13(16-10)12(8-14)6-5-7-15-9-12/h5-7H,9H2,1-4H3. The topological polar surface area (TPSA) is 54.6 Å². The molecule has 0 N–H and O–H groups in total. The third kappa shape index (κ3) is 1.82. The summed E-state index contributed by atoms with van der Waals surface area (Å²) >= 11 is 0. The molecule has 1 saturated heterocycles. The van der Waals surface area contributed by atoms with Crippen LogP contribution in [0.2, 0.25) is 5.31 Å². The highest BCUT2D eigenvalue weighted by molar-refractivity contribution is 6.52. The number of nitriles is 1. The van der Waals surface area contributed by atoms with Gasteiger partial charge in [0.25, 0.3) is 0 Å². The average Bonchev–Trinajstić information content (AvgIpc) is 2.49. The molecule has 17 heavy (non-hydrogen) atoms. The summed E-state index contributed by atoms with van der Waals surface area (Å²) in [6.07, 6.45) is 5.29. The van der Waals surface area contributed by atoms with Crippen LogP contribution in [0, 0.1) is 11.3 Å². The summed E-state index contributed by atoms with van der Waals surface area (Å²) < 4.78 is 11.9. The van der Waals surface area contributed by atoms with E-state index >= 15 is 0 Å². The van der Waals surface area contributed by atoms with Crippen LogP contribution in [0.4, 0.5) is 0 Å². The summed E-state index contributed by atoms with van der Waals surface area (Å²) in [6, 6.07) is 2.28. The van der Waals surface area contributed by atoms with E-state index in [2.05, 4.69) is 11.1 Å². The summed E-state index contributed by atoms with van der Waals surface area (Å²) in [5.41, 5.74) is -0.840. The second kappa shape index (κ2) is 3.69. The van der Waals surface area contributed by atoms with Gasteiger partial charge in [0, 0.05) is 6.21 Å². The van der Waals surface area contributed by atoms with E-state index in [0.29, 0.717) is 6.54 Å². The molecule has 90 valence electrons. The molecule has 2 rings (SSSR count). The first-order valence-electron chi connectivity index (χ1n) is 5.78. The molecular weight excluding hydrogens is 215 g/mol. The van der Waals surface area contributed by atoms with Gasteiger partial charge < -0.3 is 9.31 Å². The zero-order valence-electron chi connectivity index (χ0n) is 10.7. The van der Waals surface area contributed by atoms with E-state index in [0.717, 1.165) is 0 Å². The highest BCUT2D eigenvalue weighted by atomic mass is 16.7. The van der Waals surface area contributed by atoms with Crippen LogP contribution in [0.15, 0.2) is 17.1 Å². The van der Waals surface area contributed by atoms with Gasteiger partial charge >= 0.3 is 7.12 Å². The van der Waals surface area contributed by atoms with Crippen LogP contribution in [-0.2, 0) is 9.31 Å². The van der Waals surface area contributed by atoms with Crippen molar-refractivity contribution in [2.24, 2.45) is 4.99 Å². The molecule has 0 aromatic heterocycles. The van der Waals surface area contributed by atoms with Crippen molar-refractivity contribution in [3.63, 3.8) is 0 Å². The van der Waals surface area contributed by atoms with Gasteiger partial charge in [0.2, 0.25) is 0 Å². The van der Waals surface area contributed by atoms with Crippen molar-refractivity contribution in [1.82, 2.24) is 0 Å². The number of hydrogen-bond acceptors (Lipinski definition) is 4. The lowest BCUT2D eigenvalue weighted by atomic mass is 9.57. The Balaban J connectivity index is 2.29. The minimum absolute atomic E-state index is 0.386. The van der Waals surface area contributed by atoms with Crippen molar-refractivity contribution in [3.05, 3.63) is 12.2 Å².